The number of carbonyl (C=O) groups excluding carboxylic acids is 2. The highest BCUT2D eigenvalue weighted by atomic mass is 16.5. The Bertz CT molecular complexity index is 1010. The van der Waals surface area contributed by atoms with Crippen molar-refractivity contribution in [1.82, 2.24) is 5.32 Å². The highest BCUT2D eigenvalue weighted by molar-refractivity contribution is 5.77. The van der Waals surface area contributed by atoms with Crippen LogP contribution in [0.5, 0.6) is 0 Å². The quantitative estimate of drug-likeness (QED) is 0.0326. The first-order valence-corrected chi connectivity index (χ1v) is 23.6. The number of hydrogen-bond donors (Lipinski definition) is 3. The zero-order chi connectivity index (χ0) is 41.0. The fourth-order valence-electron chi connectivity index (χ4n) is 6.93. The van der Waals surface area contributed by atoms with Crippen LogP contribution in [0.2, 0.25) is 0 Å². The number of unbranched alkanes of at least 4 members (excludes halogenated alkanes) is 23. The fraction of sp³-hybridized carbons (Fsp3) is 0.760. The van der Waals surface area contributed by atoms with Crippen molar-refractivity contribution in [3.05, 3.63) is 60.8 Å². The van der Waals surface area contributed by atoms with E-state index < -0.39 is 18.2 Å². The van der Waals surface area contributed by atoms with Gasteiger partial charge in [-0.05, 0) is 38.5 Å². The molecule has 0 saturated heterocycles. The molecule has 0 aliphatic carbocycles. The van der Waals surface area contributed by atoms with Gasteiger partial charge in [0.25, 0.3) is 0 Å². The summed E-state index contributed by atoms with van der Waals surface area (Å²) in [6, 6.07) is -0.714. The molecule has 0 saturated carbocycles. The first-order valence-electron chi connectivity index (χ1n) is 23.6. The minimum absolute atomic E-state index is 0.0494. The Morgan fingerprint density at radius 2 is 0.946 bits per heavy atom. The van der Waals surface area contributed by atoms with Gasteiger partial charge in [-0.2, -0.15) is 0 Å². The largest absolute Gasteiger partial charge is 0.462 e. The third kappa shape index (κ3) is 38.4. The van der Waals surface area contributed by atoms with Crippen LogP contribution in [0, 0.1) is 0 Å². The molecule has 0 fully saturated rings. The molecule has 1 amide bonds. The van der Waals surface area contributed by atoms with Crippen molar-refractivity contribution in [2.24, 2.45) is 0 Å². The molecule has 0 heterocycles. The summed E-state index contributed by atoms with van der Waals surface area (Å²) in [4.78, 5) is 26.0. The van der Waals surface area contributed by atoms with E-state index in [1.165, 1.54) is 116 Å². The van der Waals surface area contributed by atoms with Crippen LogP contribution < -0.4 is 5.32 Å². The molecule has 324 valence electrons. The Balaban J connectivity index is 4.66. The van der Waals surface area contributed by atoms with E-state index in [0.717, 1.165) is 51.4 Å². The zero-order valence-electron chi connectivity index (χ0n) is 36.8. The maximum atomic E-state index is 13.1. The average Bonchev–Trinajstić information content (AvgIpc) is 3.19. The van der Waals surface area contributed by atoms with Gasteiger partial charge >= 0.3 is 5.97 Å². The molecule has 56 heavy (non-hydrogen) atoms. The number of ether oxygens (including phenoxy) is 1. The lowest BCUT2D eigenvalue weighted by Crippen LogP contribution is -2.46. The molecule has 0 radical (unpaired) electrons. The molecule has 6 nitrogen and oxygen atoms in total. The van der Waals surface area contributed by atoms with E-state index in [1.807, 2.05) is 54.7 Å². The van der Waals surface area contributed by atoms with Crippen molar-refractivity contribution in [3.8, 4) is 0 Å². The maximum Gasteiger partial charge on any atom is 0.306 e. The van der Waals surface area contributed by atoms with E-state index in [4.69, 9.17) is 4.74 Å². The lowest BCUT2D eigenvalue weighted by atomic mass is 10.0. The van der Waals surface area contributed by atoms with Crippen molar-refractivity contribution in [2.75, 3.05) is 6.61 Å². The fourth-order valence-corrected chi connectivity index (χ4v) is 6.93. The highest BCUT2D eigenvalue weighted by Crippen LogP contribution is 2.17. The van der Waals surface area contributed by atoms with E-state index in [-0.39, 0.29) is 24.9 Å². The molecule has 0 aromatic rings. The molecule has 0 bridgehead atoms. The Hall–Kier alpha value is -2.44. The lowest BCUT2D eigenvalue weighted by Gasteiger charge is -2.24. The van der Waals surface area contributed by atoms with Gasteiger partial charge in [0, 0.05) is 6.42 Å². The molecule has 6 heteroatoms. The SMILES string of the molecule is CC/C=C/C=C/C=C\C=C/C=C/CCCC(=O)OC(CCCCCCCCCCCCC)CC(=O)NC(CO)C(O)CCCCCCCCCCCCCCC. The number of nitrogens with one attached hydrogen (secondary N) is 1. The maximum absolute atomic E-state index is 13.1. The normalized spacial score (nSPS) is 13.9. The molecule has 0 aromatic carbocycles. The van der Waals surface area contributed by atoms with Gasteiger partial charge in [0.2, 0.25) is 5.91 Å². The summed E-state index contributed by atoms with van der Waals surface area (Å²) < 4.78 is 5.87. The number of aliphatic hydroxyl groups is 2. The van der Waals surface area contributed by atoms with Gasteiger partial charge in [0.1, 0.15) is 6.10 Å². The standard InChI is InChI=1S/C50H89NO5/c1-4-7-10-13-16-19-22-24-27-30-33-36-39-42-48(53)47(45-52)51-49(54)44-46(41-38-35-32-29-26-21-18-15-12-9-6-3)56-50(55)43-40-37-34-31-28-25-23-20-17-14-11-8-5-2/h8,11,14,17,20,23,25,28,31,34,46-48,52-53H,4-7,9-10,12-13,15-16,18-19,21-22,24,26-27,29-30,32-33,35-45H2,1-3H3,(H,51,54)/b11-8+,17-14+,23-20-,28-25-,34-31+. The Morgan fingerprint density at radius 3 is 1.39 bits per heavy atom. The van der Waals surface area contributed by atoms with E-state index in [2.05, 4.69) is 32.2 Å². The zero-order valence-corrected chi connectivity index (χ0v) is 36.8. The van der Waals surface area contributed by atoms with Crippen LogP contribution in [0.3, 0.4) is 0 Å². The number of hydrogen-bond acceptors (Lipinski definition) is 5. The van der Waals surface area contributed by atoms with Crippen molar-refractivity contribution >= 4 is 11.9 Å². The molecule has 0 aliphatic heterocycles. The van der Waals surface area contributed by atoms with Crippen molar-refractivity contribution < 1.29 is 24.5 Å². The molecule has 0 spiro atoms. The minimum atomic E-state index is -0.798. The number of esters is 1. The van der Waals surface area contributed by atoms with Crippen LogP contribution in [0.25, 0.3) is 0 Å². The summed E-state index contributed by atoms with van der Waals surface area (Å²) in [6.45, 7) is 6.31. The van der Waals surface area contributed by atoms with E-state index >= 15 is 0 Å². The highest BCUT2D eigenvalue weighted by Gasteiger charge is 2.24. The number of carbonyl (C=O) groups is 2. The number of allylic oxidation sites excluding steroid dienone is 10. The molecular weight excluding hydrogens is 695 g/mol. The topological polar surface area (TPSA) is 95.9 Å². The Morgan fingerprint density at radius 1 is 0.536 bits per heavy atom. The summed E-state index contributed by atoms with van der Waals surface area (Å²) in [6.07, 6.45) is 52.8. The monoisotopic (exact) mass is 784 g/mol. The Kier molecular flexibility index (Phi) is 41.8. The van der Waals surface area contributed by atoms with Crippen molar-refractivity contribution in [3.63, 3.8) is 0 Å². The molecule has 3 unspecified atom stereocenters. The number of amides is 1. The lowest BCUT2D eigenvalue weighted by molar-refractivity contribution is -0.151. The number of rotatable bonds is 41. The number of aliphatic hydroxyl groups excluding tert-OH is 2. The van der Waals surface area contributed by atoms with Crippen LogP contribution in [0.4, 0.5) is 0 Å². The van der Waals surface area contributed by atoms with Gasteiger partial charge in [-0.15, -0.1) is 0 Å². The summed E-state index contributed by atoms with van der Waals surface area (Å²) in [5, 5.41) is 23.7. The second-order valence-electron chi connectivity index (χ2n) is 15.9. The van der Waals surface area contributed by atoms with Gasteiger partial charge in [-0.25, -0.2) is 0 Å². The third-order valence-corrected chi connectivity index (χ3v) is 10.5. The smallest absolute Gasteiger partial charge is 0.306 e. The van der Waals surface area contributed by atoms with Crippen LogP contribution >= 0.6 is 0 Å². The Labute approximate surface area is 346 Å². The average molecular weight is 784 g/mol. The summed E-state index contributed by atoms with van der Waals surface area (Å²) >= 11 is 0. The molecule has 0 aromatic heterocycles. The molecular formula is C50H89NO5. The molecule has 3 atom stereocenters. The van der Waals surface area contributed by atoms with Gasteiger partial charge in [0.05, 0.1) is 25.2 Å². The summed E-state index contributed by atoms with van der Waals surface area (Å²) in [5.41, 5.74) is 0. The first-order chi connectivity index (χ1) is 27.5. The molecule has 3 N–H and O–H groups in total. The van der Waals surface area contributed by atoms with E-state index in [9.17, 15) is 19.8 Å². The first kappa shape index (κ1) is 53.6. The van der Waals surface area contributed by atoms with Crippen molar-refractivity contribution in [2.45, 2.75) is 238 Å². The summed E-state index contributed by atoms with van der Waals surface area (Å²) in [7, 11) is 0. The predicted molar refractivity (Wildman–Crippen MR) is 241 cm³/mol. The predicted octanol–water partition coefficient (Wildman–Crippen LogP) is 13.7. The van der Waals surface area contributed by atoms with Gasteiger partial charge in [-0.1, -0.05) is 229 Å². The van der Waals surface area contributed by atoms with Crippen LogP contribution in [-0.2, 0) is 14.3 Å². The van der Waals surface area contributed by atoms with Crippen LogP contribution in [0.15, 0.2) is 60.8 Å². The van der Waals surface area contributed by atoms with Gasteiger partial charge in [-0.3, -0.25) is 9.59 Å². The van der Waals surface area contributed by atoms with Crippen LogP contribution in [-0.4, -0.2) is 46.9 Å². The molecule has 0 rings (SSSR count). The van der Waals surface area contributed by atoms with Crippen molar-refractivity contribution in [1.29, 1.82) is 0 Å². The van der Waals surface area contributed by atoms with Crippen LogP contribution in [0.1, 0.15) is 220 Å². The second kappa shape index (κ2) is 43.7. The van der Waals surface area contributed by atoms with Gasteiger partial charge < -0.3 is 20.3 Å². The second-order valence-corrected chi connectivity index (χ2v) is 15.9. The minimum Gasteiger partial charge on any atom is -0.462 e. The van der Waals surface area contributed by atoms with E-state index in [0.29, 0.717) is 25.7 Å². The van der Waals surface area contributed by atoms with E-state index in [1.54, 1.807) is 0 Å². The van der Waals surface area contributed by atoms with Gasteiger partial charge in [0.15, 0.2) is 0 Å². The third-order valence-electron chi connectivity index (χ3n) is 10.5. The summed E-state index contributed by atoms with van der Waals surface area (Å²) in [5.74, 6) is -0.561. The molecule has 0 aliphatic rings.